The fraction of sp³-hybridized carbons (Fsp3) is 0.238. The van der Waals surface area contributed by atoms with Gasteiger partial charge in [0.2, 0.25) is 0 Å². The highest BCUT2D eigenvalue weighted by Gasteiger charge is 2.13. The Morgan fingerprint density at radius 1 is 1.13 bits per heavy atom. The second kappa shape index (κ2) is 9.19. The number of benzene rings is 2. The van der Waals surface area contributed by atoms with E-state index in [1.165, 1.54) is 28.9 Å². The maximum Gasteiger partial charge on any atom is 0.276 e. The average Bonchev–Trinajstić information content (AvgIpc) is 3.14. The van der Waals surface area contributed by atoms with Crippen molar-refractivity contribution >= 4 is 21.4 Å². The number of nitrogens with one attached hydrogen (secondary N) is 1. The van der Waals surface area contributed by atoms with Gasteiger partial charge in [0.05, 0.1) is 11.5 Å². The summed E-state index contributed by atoms with van der Waals surface area (Å²) in [5.74, 6) is 0.729. The Balaban J connectivity index is 1.86. The van der Waals surface area contributed by atoms with Crippen molar-refractivity contribution in [2.24, 2.45) is 7.05 Å². The van der Waals surface area contributed by atoms with Crippen LogP contribution in [0.5, 0.6) is 17.2 Å². The standard InChI is InChI=1S/C21H23N3O6S/c1-14(13-25)29-17-10-15(22-21(26)20-8-9-24(2)23-20)11-18(12-17)30-16-4-6-19(7-5-16)31(3,27)28/h4-12,14,25H,13H2,1-3H3,(H,22,26)/t14-/m0/s1. The summed E-state index contributed by atoms with van der Waals surface area (Å²) in [5.41, 5.74) is 0.650. The van der Waals surface area contributed by atoms with Crippen molar-refractivity contribution in [3.05, 3.63) is 60.4 Å². The first-order chi connectivity index (χ1) is 14.6. The van der Waals surface area contributed by atoms with E-state index >= 15 is 0 Å². The zero-order chi connectivity index (χ0) is 22.6. The minimum absolute atomic E-state index is 0.178. The van der Waals surface area contributed by atoms with Gasteiger partial charge in [-0.1, -0.05) is 0 Å². The molecule has 10 heteroatoms. The van der Waals surface area contributed by atoms with Crippen molar-refractivity contribution < 1.29 is 27.8 Å². The van der Waals surface area contributed by atoms with Gasteiger partial charge in [-0.2, -0.15) is 5.10 Å². The Hall–Kier alpha value is -3.37. The van der Waals surface area contributed by atoms with Crippen molar-refractivity contribution in [1.82, 2.24) is 9.78 Å². The van der Waals surface area contributed by atoms with Crippen LogP contribution >= 0.6 is 0 Å². The molecule has 2 N–H and O–H groups in total. The summed E-state index contributed by atoms with van der Waals surface area (Å²) in [6.07, 6.45) is 2.32. The number of rotatable bonds is 8. The number of hydrogen-bond acceptors (Lipinski definition) is 7. The van der Waals surface area contributed by atoms with Gasteiger partial charge in [-0.3, -0.25) is 9.48 Å². The molecule has 0 fully saturated rings. The first kappa shape index (κ1) is 22.3. The van der Waals surface area contributed by atoms with Crippen LogP contribution in [0.2, 0.25) is 0 Å². The summed E-state index contributed by atoms with van der Waals surface area (Å²) >= 11 is 0. The van der Waals surface area contributed by atoms with E-state index in [2.05, 4.69) is 10.4 Å². The molecule has 1 amide bonds. The third-order valence-electron chi connectivity index (χ3n) is 4.17. The smallest absolute Gasteiger partial charge is 0.276 e. The Bertz CT molecular complexity index is 1170. The lowest BCUT2D eigenvalue weighted by Gasteiger charge is -2.15. The summed E-state index contributed by atoms with van der Waals surface area (Å²) in [5, 5.41) is 16.1. The van der Waals surface area contributed by atoms with Gasteiger partial charge >= 0.3 is 0 Å². The normalized spacial score (nSPS) is 12.3. The molecule has 0 aliphatic carbocycles. The van der Waals surface area contributed by atoms with Crippen molar-refractivity contribution in [1.29, 1.82) is 0 Å². The van der Waals surface area contributed by atoms with Gasteiger partial charge in [-0.05, 0) is 37.3 Å². The number of ether oxygens (including phenoxy) is 2. The fourth-order valence-electron chi connectivity index (χ4n) is 2.66. The number of amides is 1. The molecule has 0 spiro atoms. The molecule has 0 aliphatic rings. The quantitative estimate of drug-likeness (QED) is 0.547. The summed E-state index contributed by atoms with van der Waals surface area (Å²) in [6.45, 7) is 1.51. The molecule has 0 aliphatic heterocycles. The predicted molar refractivity (Wildman–Crippen MR) is 114 cm³/mol. The number of aromatic nitrogens is 2. The molecule has 0 bridgehead atoms. The van der Waals surface area contributed by atoms with Gasteiger partial charge in [-0.25, -0.2) is 8.42 Å². The van der Waals surface area contributed by atoms with Gasteiger partial charge in [0.25, 0.3) is 5.91 Å². The molecule has 0 radical (unpaired) electrons. The lowest BCUT2D eigenvalue weighted by Crippen LogP contribution is -2.17. The molecule has 0 saturated heterocycles. The largest absolute Gasteiger partial charge is 0.488 e. The van der Waals surface area contributed by atoms with E-state index in [4.69, 9.17) is 9.47 Å². The lowest BCUT2D eigenvalue weighted by molar-refractivity contribution is 0.102. The Labute approximate surface area is 180 Å². The van der Waals surface area contributed by atoms with Crippen molar-refractivity contribution in [3.8, 4) is 17.2 Å². The van der Waals surface area contributed by atoms with E-state index in [9.17, 15) is 18.3 Å². The van der Waals surface area contributed by atoms with Gasteiger partial charge in [0.15, 0.2) is 15.5 Å². The molecular weight excluding hydrogens is 422 g/mol. The van der Waals surface area contributed by atoms with Crippen LogP contribution in [0, 0.1) is 0 Å². The molecule has 0 unspecified atom stereocenters. The second-order valence-corrected chi connectivity index (χ2v) is 8.99. The van der Waals surface area contributed by atoms with Crippen LogP contribution in [0.1, 0.15) is 17.4 Å². The number of nitrogens with zero attached hydrogens (tertiary/aromatic N) is 2. The van der Waals surface area contributed by atoms with Crippen molar-refractivity contribution in [2.45, 2.75) is 17.9 Å². The Morgan fingerprint density at radius 3 is 2.39 bits per heavy atom. The van der Waals surface area contributed by atoms with E-state index in [-0.39, 0.29) is 17.2 Å². The van der Waals surface area contributed by atoms with E-state index in [1.807, 2.05) is 0 Å². The molecule has 164 valence electrons. The minimum atomic E-state index is -3.31. The molecule has 1 heterocycles. The Kier molecular flexibility index (Phi) is 6.62. The number of sulfone groups is 1. The Morgan fingerprint density at radius 2 is 1.81 bits per heavy atom. The minimum Gasteiger partial charge on any atom is -0.488 e. The second-order valence-electron chi connectivity index (χ2n) is 6.98. The maximum absolute atomic E-state index is 12.5. The number of carbonyl (C=O) groups is 1. The molecule has 2 aromatic carbocycles. The topological polar surface area (TPSA) is 120 Å². The summed E-state index contributed by atoms with van der Waals surface area (Å²) in [7, 11) is -1.60. The zero-order valence-corrected chi connectivity index (χ0v) is 18.1. The van der Waals surface area contributed by atoms with Crippen LogP contribution in [0.3, 0.4) is 0 Å². The lowest BCUT2D eigenvalue weighted by atomic mass is 10.2. The molecule has 1 atom stereocenters. The monoisotopic (exact) mass is 445 g/mol. The SMILES string of the molecule is C[C@@H](CO)Oc1cc(NC(=O)c2ccn(C)n2)cc(Oc2ccc(S(C)(=O)=O)cc2)c1. The van der Waals surface area contributed by atoms with Crippen LogP contribution in [-0.2, 0) is 16.9 Å². The van der Waals surface area contributed by atoms with E-state index in [0.717, 1.165) is 6.26 Å². The van der Waals surface area contributed by atoms with Crippen LogP contribution in [0.4, 0.5) is 5.69 Å². The third kappa shape index (κ3) is 6.06. The zero-order valence-electron chi connectivity index (χ0n) is 17.3. The number of aliphatic hydroxyl groups excluding tert-OH is 1. The molecule has 9 nitrogen and oxygen atoms in total. The van der Waals surface area contributed by atoms with Crippen LogP contribution in [-0.4, -0.2) is 48.2 Å². The molecule has 31 heavy (non-hydrogen) atoms. The van der Waals surface area contributed by atoms with Crippen molar-refractivity contribution in [2.75, 3.05) is 18.2 Å². The average molecular weight is 445 g/mol. The predicted octanol–water partition coefficient (Wildman–Crippen LogP) is 2.63. The van der Waals surface area contributed by atoms with E-state index < -0.39 is 21.8 Å². The highest BCUT2D eigenvalue weighted by Crippen LogP contribution is 2.31. The van der Waals surface area contributed by atoms with Crippen LogP contribution < -0.4 is 14.8 Å². The number of aliphatic hydroxyl groups is 1. The molecule has 3 rings (SSSR count). The number of carbonyl (C=O) groups excluding carboxylic acids is 1. The summed E-state index contributed by atoms with van der Waals surface area (Å²) in [4.78, 5) is 12.6. The fourth-order valence-corrected chi connectivity index (χ4v) is 3.29. The van der Waals surface area contributed by atoms with Crippen LogP contribution in [0.15, 0.2) is 59.6 Å². The molecule has 0 saturated carbocycles. The van der Waals surface area contributed by atoms with E-state index in [0.29, 0.717) is 22.9 Å². The molecule has 3 aromatic rings. The number of hydrogen-bond donors (Lipinski definition) is 2. The highest BCUT2D eigenvalue weighted by atomic mass is 32.2. The van der Waals surface area contributed by atoms with Gasteiger partial charge in [-0.15, -0.1) is 0 Å². The number of anilines is 1. The van der Waals surface area contributed by atoms with Crippen LogP contribution in [0.25, 0.3) is 0 Å². The maximum atomic E-state index is 12.5. The summed E-state index contributed by atoms with van der Waals surface area (Å²) in [6, 6.07) is 12.4. The first-order valence-electron chi connectivity index (χ1n) is 9.35. The first-order valence-corrected chi connectivity index (χ1v) is 11.2. The van der Waals surface area contributed by atoms with E-state index in [1.54, 1.807) is 44.4 Å². The number of aryl methyl sites for hydroxylation is 1. The molecular formula is C21H23N3O6S. The van der Waals surface area contributed by atoms with Gasteiger partial charge in [0.1, 0.15) is 23.4 Å². The summed E-state index contributed by atoms with van der Waals surface area (Å²) < 4.78 is 36.2. The third-order valence-corrected chi connectivity index (χ3v) is 5.29. The highest BCUT2D eigenvalue weighted by molar-refractivity contribution is 7.90. The van der Waals surface area contributed by atoms with Gasteiger partial charge < -0.3 is 19.9 Å². The van der Waals surface area contributed by atoms with Crippen molar-refractivity contribution in [3.63, 3.8) is 0 Å². The van der Waals surface area contributed by atoms with Gasteiger partial charge in [0, 0.05) is 43.4 Å². The molecule has 1 aromatic heterocycles.